The molecule has 0 bridgehead atoms. The van der Waals surface area contributed by atoms with Crippen molar-refractivity contribution in [1.82, 2.24) is 10.3 Å². The van der Waals surface area contributed by atoms with E-state index in [0.29, 0.717) is 16.1 Å². The molecule has 2 heterocycles. The number of hydrogen-bond acceptors (Lipinski definition) is 6. The summed E-state index contributed by atoms with van der Waals surface area (Å²) in [6.07, 6.45) is 1.54. The first-order valence-electron chi connectivity index (χ1n) is 7.15. The molecule has 2 atom stereocenters. The van der Waals surface area contributed by atoms with Crippen molar-refractivity contribution in [3.63, 3.8) is 0 Å². The van der Waals surface area contributed by atoms with Gasteiger partial charge in [0.15, 0.2) is 5.13 Å². The van der Waals surface area contributed by atoms with E-state index in [2.05, 4.69) is 27.3 Å². The van der Waals surface area contributed by atoms with E-state index in [1.807, 2.05) is 0 Å². The van der Waals surface area contributed by atoms with Crippen LogP contribution in [0.15, 0.2) is 34.7 Å². The van der Waals surface area contributed by atoms with Crippen molar-refractivity contribution in [2.75, 3.05) is 23.1 Å². The number of aromatic nitrogens is 1. The van der Waals surface area contributed by atoms with Crippen LogP contribution in [0.1, 0.15) is 6.92 Å². The van der Waals surface area contributed by atoms with E-state index >= 15 is 0 Å². The van der Waals surface area contributed by atoms with Gasteiger partial charge in [0.25, 0.3) is 10.0 Å². The van der Waals surface area contributed by atoms with Crippen molar-refractivity contribution in [3.8, 4) is 0 Å². The van der Waals surface area contributed by atoms with Crippen LogP contribution in [0.5, 0.6) is 0 Å². The number of hydrogen-bond donors (Lipinski definition) is 3. The van der Waals surface area contributed by atoms with Gasteiger partial charge in [0.2, 0.25) is 0 Å². The highest BCUT2D eigenvalue weighted by Crippen LogP contribution is 2.28. The summed E-state index contributed by atoms with van der Waals surface area (Å²) in [5.41, 5.74) is 0.736. The molecule has 1 aliphatic heterocycles. The second-order valence-electron chi connectivity index (χ2n) is 5.47. The van der Waals surface area contributed by atoms with Gasteiger partial charge in [-0.05, 0) is 30.7 Å². The van der Waals surface area contributed by atoms with E-state index in [1.165, 1.54) is 23.5 Å². The molecule has 1 aromatic carbocycles. The predicted molar refractivity (Wildman–Crippen MR) is 93.8 cm³/mol. The normalized spacial score (nSPS) is 21.3. The van der Waals surface area contributed by atoms with Gasteiger partial charge in [-0.3, -0.25) is 4.72 Å². The third-order valence-electron chi connectivity index (χ3n) is 3.76. The largest absolute Gasteiger partial charge is 0.380 e. The predicted octanol–water partition coefficient (Wildman–Crippen LogP) is 2.62. The Bertz CT molecular complexity index is 780. The molecule has 0 radical (unpaired) electrons. The molecule has 2 aromatic rings. The first-order chi connectivity index (χ1) is 11.0. The van der Waals surface area contributed by atoms with E-state index in [4.69, 9.17) is 11.6 Å². The van der Waals surface area contributed by atoms with E-state index in [1.54, 1.807) is 17.6 Å². The molecule has 0 unspecified atom stereocenters. The first kappa shape index (κ1) is 16.5. The fourth-order valence-corrected chi connectivity index (χ4v) is 4.55. The third kappa shape index (κ3) is 3.77. The number of nitrogens with zero attached hydrogens (tertiary/aromatic N) is 1. The van der Waals surface area contributed by atoms with Gasteiger partial charge in [-0.1, -0.05) is 18.5 Å². The lowest BCUT2D eigenvalue weighted by atomic mass is 10.1. The Morgan fingerprint density at radius 2 is 2.22 bits per heavy atom. The Morgan fingerprint density at radius 1 is 1.39 bits per heavy atom. The fourth-order valence-electron chi connectivity index (χ4n) is 2.43. The molecule has 0 amide bonds. The topological polar surface area (TPSA) is 83.1 Å². The van der Waals surface area contributed by atoms with Crippen molar-refractivity contribution in [2.45, 2.75) is 17.9 Å². The van der Waals surface area contributed by atoms with Crippen molar-refractivity contribution >= 4 is 43.8 Å². The van der Waals surface area contributed by atoms with Gasteiger partial charge in [0, 0.05) is 24.2 Å². The quantitative estimate of drug-likeness (QED) is 0.751. The molecule has 3 rings (SSSR count). The minimum atomic E-state index is -3.69. The maximum Gasteiger partial charge on any atom is 0.263 e. The van der Waals surface area contributed by atoms with Crippen molar-refractivity contribution < 1.29 is 8.42 Å². The number of thiazole rings is 1. The number of halogens is 1. The number of rotatable bonds is 5. The highest BCUT2D eigenvalue weighted by atomic mass is 35.5. The Balaban J connectivity index is 1.78. The SMILES string of the molecule is C[C@@H]1CNC[C@@H]1Nc1ccc(S(=O)(=O)Nc2nccs2)cc1Cl. The van der Waals surface area contributed by atoms with Crippen LogP contribution in [0.4, 0.5) is 10.8 Å². The second kappa shape index (κ2) is 6.64. The van der Waals surface area contributed by atoms with Gasteiger partial charge < -0.3 is 10.6 Å². The molecule has 1 aromatic heterocycles. The van der Waals surface area contributed by atoms with Crippen LogP contribution in [-0.4, -0.2) is 32.5 Å². The van der Waals surface area contributed by atoms with E-state index in [0.717, 1.165) is 18.8 Å². The highest BCUT2D eigenvalue weighted by molar-refractivity contribution is 7.93. The molecular formula is C14H17ClN4O2S2. The minimum absolute atomic E-state index is 0.112. The van der Waals surface area contributed by atoms with Crippen LogP contribution < -0.4 is 15.4 Å². The molecule has 6 nitrogen and oxygen atoms in total. The standard InChI is InChI=1S/C14H17ClN4O2S2/c1-9-7-16-8-13(9)18-12-3-2-10(6-11(12)15)23(20,21)19-14-17-4-5-22-14/h2-6,9,13,16,18H,7-8H2,1H3,(H,17,19)/t9-,13+/m1/s1. The molecule has 124 valence electrons. The van der Waals surface area contributed by atoms with Crippen LogP contribution in [0, 0.1) is 5.92 Å². The number of nitrogens with one attached hydrogen (secondary N) is 3. The molecular weight excluding hydrogens is 356 g/mol. The second-order valence-corrected chi connectivity index (χ2v) is 8.45. The Morgan fingerprint density at radius 3 is 2.83 bits per heavy atom. The van der Waals surface area contributed by atoms with Crippen LogP contribution in [0.3, 0.4) is 0 Å². The molecule has 0 saturated carbocycles. The Hall–Kier alpha value is -1.35. The first-order valence-corrected chi connectivity index (χ1v) is 9.89. The molecule has 23 heavy (non-hydrogen) atoms. The summed E-state index contributed by atoms with van der Waals surface area (Å²) in [5.74, 6) is 0.487. The Labute approximate surface area is 144 Å². The van der Waals surface area contributed by atoms with Crippen LogP contribution in [-0.2, 0) is 10.0 Å². The molecule has 1 fully saturated rings. The lowest BCUT2D eigenvalue weighted by Gasteiger charge is -2.19. The zero-order valence-electron chi connectivity index (χ0n) is 12.4. The summed E-state index contributed by atoms with van der Waals surface area (Å²) >= 11 is 7.47. The zero-order chi connectivity index (χ0) is 16.4. The molecule has 0 spiro atoms. The summed E-state index contributed by atoms with van der Waals surface area (Å²) in [6, 6.07) is 4.97. The van der Waals surface area contributed by atoms with E-state index in [-0.39, 0.29) is 10.9 Å². The maximum absolute atomic E-state index is 12.3. The lowest BCUT2D eigenvalue weighted by molar-refractivity contribution is 0.595. The van der Waals surface area contributed by atoms with Gasteiger partial charge in [-0.2, -0.15) is 0 Å². The van der Waals surface area contributed by atoms with E-state index < -0.39 is 10.0 Å². The summed E-state index contributed by atoms with van der Waals surface area (Å²) in [7, 11) is -3.69. The molecule has 1 aliphatic rings. The number of benzene rings is 1. The van der Waals surface area contributed by atoms with Crippen molar-refractivity contribution in [3.05, 3.63) is 34.8 Å². The molecule has 9 heteroatoms. The Kier molecular flexibility index (Phi) is 4.77. The molecule has 0 aliphatic carbocycles. The van der Waals surface area contributed by atoms with Gasteiger partial charge in [0.05, 0.1) is 15.6 Å². The van der Waals surface area contributed by atoms with Gasteiger partial charge in [-0.15, -0.1) is 11.3 Å². The van der Waals surface area contributed by atoms with Crippen LogP contribution in [0.2, 0.25) is 5.02 Å². The summed E-state index contributed by atoms with van der Waals surface area (Å²) < 4.78 is 27.1. The summed E-state index contributed by atoms with van der Waals surface area (Å²) in [5, 5.41) is 9.08. The average molecular weight is 373 g/mol. The number of sulfonamides is 1. The molecule has 3 N–H and O–H groups in total. The summed E-state index contributed by atoms with van der Waals surface area (Å²) in [6.45, 7) is 3.98. The average Bonchev–Trinajstić information content (AvgIpc) is 3.13. The van der Waals surface area contributed by atoms with Gasteiger partial charge >= 0.3 is 0 Å². The van der Waals surface area contributed by atoms with Crippen molar-refractivity contribution in [2.24, 2.45) is 5.92 Å². The monoisotopic (exact) mass is 372 g/mol. The number of anilines is 2. The summed E-state index contributed by atoms with van der Waals surface area (Å²) in [4.78, 5) is 4.03. The van der Waals surface area contributed by atoms with Crippen LogP contribution in [0.25, 0.3) is 0 Å². The van der Waals surface area contributed by atoms with Crippen LogP contribution >= 0.6 is 22.9 Å². The lowest BCUT2D eigenvalue weighted by Crippen LogP contribution is -2.26. The third-order valence-corrected chi connectivity index (χ3v) is 6.23. The molecule has 1 saturated heterocycles. The minimum Gasteiger partial charge on any atom is -0.380 e. The van der Waals surface area contributed by atoms with Crippen molar-refractivity contribution in [1.29, 1.82) is 0 Å². The van der Waals surface area contributed by atoms with Gasteiger partial charge in [0.1, 0.15) is 0 Å². The zero-order valence-corrected chi connectivity index (χ0v) is 14.8. The highest BCUT2D eigenvalue weighted by Gasteiger charge is 2.24. The smallest absolute Gasteiger partial charge is 0.263 e. The maximum atomic E-state index is 12.3. The van der Waals surface area contributed by atoms with E-state index in [9.17, 15) is 8.42 Å². The van der Waals surface area contributed by atoms with Gasteiger partial charge in [-0.25, -0.2) is 13.4 Å². The fraction of sp³-hybridized carbons (Fsp3) is 0.357.